The highest BCUT2D eigenvalue weighted by atomic mass is 16.5. The molecule has 0 saturated carbocycles. The minimum Gasteiger partial charge on any atom is -0.497 e. The molecule has 2 atom stereocenters. The lowest BCUT2D eigenvalue weighted by Crippen LogP contribution is -2.38. The molecule has 0 aliphatic carbocycles. The zero-order valence-corrected chi connectivity index (χ0v) is 17.2. The summed E-state index contributed by atoms with van der Waals surface area (Å²) in [7, 11) is 1.68. The monoisotopic (exact) mass is 383 g/mol. The number of aliphatic hydroxyl groups is 1. The van der Waals surface area contributed by atoms with Gasteiger partial charge in [0.05, 0.1) is 20.3 Å². The molecule has 0 aliphatic rings. The van der Waals surface area contributed by atoms with Gasteiger partial charge in [0.1, 0.15) is 5.75 Å². The number of hydrogen-bond acceptors (Lipinski definition) is 3. The van der Waals surface area contributed by atoms with E-state index in [2.05, 4.69) is 41.6 Å². The van der Waals surface area contributed by atoms with Crippen molar-refractivity contribution in [2.24, 2.45) is 4.99 Å². The van der Waals surface area contributed by atoms with Crippen LogP contribution in [0.4, 0.5) is 0 Å². The third-order valence-corrected chi connectivity index (χ3v) is 4.86. The molecule has 2 aromatic carbocycles. The van der Waals surface area contributed by atoms with E-state index in [1.165, 1.54) is 5.56 Å². The Bertz CT molecular complexity index is 702. The van der Waals surface area contributed by atoms with Gasteiger partial charge in [0.25, 0.3) is 0 Å². The SMILES string of the molecule is CCNC(=NCC(CO)c1ccccc1)NCCC(C)c1ccc(OC)cc1. The van der Waals surface area contributed by atoms with Crippen LogP contribution in [-0.4, -0.2) is 44.4 Å². The fourth-order valence-corrected chi connectivity index (χ4v) is 3.04. The van der Waals surface area contributed by atoms with Crippen molar-refractivity contribution in [1.29, 1.82) is 0 Å². The molecule has 0 aromatic heterocycles. The van der Waals surface area contributed by atoms with Crippen LogP contribution < -0.4 is 15.4 Å². The number of guanidine groups is 1. The van der Waals surface area contributed by atoms with Crippen LogP contribution in [0, 0.1) is 0 Å². The molecule has 0 aliphatic heterocycles. The van der Waals surface area contributed by atoms with Gasteiger partial charge >= 0.3 is 0 Å². The van der Waals surface area contributed by atoms with Crippen molar-refractivity contribution in [3.05, 3.63) is 65.7 Å². The first-order valence-corrected chi connectivity index (χ1v) is 9.99. The van der Waals surface area contributed by atoms with Crippen LogP contribution in [0.1, 0.15) is 43.2 Å². The van der Waals surface area contributed by atoms with E-state index >= 15 is 0 Å². The Balaban J connectivity index is 1.87. The lowest BCUT2D eigenvalue weighted by molar-refractivity contribution is 0.268. The summed E-state index contributed by atoms with van der Waals surface area (Å²) in [4.78, 5) is 4.67. The van der Waals surface area contributed by atoms with E-state index < -0.39 is 0 Å². The minimum atomic E-state index is 0.00915. The Morgan fingerprint density at radius 1 is 1.04 bits per heavy atom. The Kier molecular flexibility index (Phi) is 9.35. The summed E-state index contributed by atoms with van der Waals surface area (Å²) in [5.74, 6) is 2.12. The zero-order valence-electron chi connectivity index (χ0n) is 17.2. The number of hydrogen-bond donors (Lipinski definition) is 3. The van der Waals surface area contributed by atoms with Crippen molar-refractivity contribution in [2.45, 2.75) is 32.1 Å². The topological polar surface area (TPSA) is 65.9 Å². The zero-order chi connectivity index (χ0) is 20.2. The van der Waals surface area contributed by atoms with Gasteiger partial charge in [0, 0.05) is 19.0 Å². The maximum absolute atomic E-state index is 9.72. The smallest absolute Gasteiger partial charge is 0.191 e. The largest absolute Gasteiger partial charge is 0.497 e. The maximum atomic E-state index is 9.72. The normalized spacial score (nSPS) is 13.6. The van der Waals surface area contributed by atoms with Gasteiger partial charge in [-0.25, -0.2) is 0 Å². The third-order valence-electron chi connectivity index (χ3n) is 4.86. The molecule has 0 spiro atoms. The summed E-state index contributed by atoms with van der Waals surface area (Å²) in [6.07, 6.45) is 0.999. The van der Waals surface area contributed by atoms with Crippen LogP contribution in [0.5, 0.6) is 5.75 Å². The van der Waals surface area contributed by atoms with Gasteiger partial charge in [-0.15, -0.1) is 0 Å². The van der Waals surface area contributed by atoms with Crippen molar-refractivity contribution >= 4 is 5.96 Å². The predicted molar refractivity (Wildman–Crippen MR) is 116 cm³/mol. The number of rotatable bonds is 10. The van der Waals surface area contributed by atoms with E-state index in [0.717, 1.165) is 36.8 Å². The molecule has 3 N–H and O–H groups in total. The van der Waals surface area contributed by atoms with E-state index in [0.29, 0.717) is 12.5 Å². The van der Waals surface area contributed by atoms with Gasteiger partial charge in [0.15, 0.2) is 5.96 Å². The van der Waals surface area contributed by atoms with E-state index in [-0.39, 0.29) is 12.5 Å². The Morgan fingerprint density at radius 3 is 2.36 bits per heavy atom. The standard InChI is InChI=1S/C23H33N3O2/c1-4-24-23(26-16-21(17-27)20-8-6-5-7-9-20)25-15-14-18(2)19-10-12-22(28-3)13-11-19/h5-13,18,21,27H,4,14-17H2,1-3H3,(H2,24,25,26). The highest BCUT2D eigenvalue weighted by molar-refractivity contribution is 5.79. The molecule has 5 nitrogen and oxygen atoms in total. The fraction of sp³-hybridized carbons (Fsp3) is 0.435. The lowest BCUT2D eigenvalue weighted by Gasteiger charge is -2.17. The van der Waals surface area contributed by atoms with Gasteiger partial charge in [-0.3, -0.25) is 4.99 Å². The summed E-state index contributed by atoms with van der Waals surface area (Å²) >= 11 is 0. The van der Waals surface area contributed by atoms with Crippen LogP contribution in [0.2, 0.25) is 0 Å². The molecule has 2 aromatic rings. The van der Waals surface area contributed by atoms with Crippen LogP contribution in [0.15, 0.2) is 59.6 Å². The first-order chi connectivity index (χ1) is 13.7. The average molecular weight is 384 g/mol. The maximum Gasteiger partial charge on any atom is 0.191 e. The van der Waals surface area contributed by atoms with Crippen molar-refractivity contribution in [1.82, 2.24) is 10.6 Å². The van der Waals surface area contributed by atoms with Crippen LogP contribution in [-0.2, 0) is 0 Å². The summed E-state index contributed by atoms with van der Waals surface area (Å²) in [5.41, 5.74) is 2.41. The third kappa shape index (κ3) is 6.89. The number of aliphatic imine (C=N–C) groups is 1. The second kappa shape index (κ2) is 12.0. The van der Waals surface area contributed by atoms with Gasteiger partial charge in [-0.1, -0.05) is 49.4 Å². The van der Waals surface area contributed by atoms with E-state index in [9.17, 15) is 5.11 Å². The minimum absolute atomic E-state index is 0.00915. The second-order valence-corrected chi connectivity index (χ2v) is 6.90. The van der Waals surface area contributed by atoms with Crippen LogP contribution in [0.25, 0.3) is 0 Å². The van der Waals surface area contributed by atoms with Crippen molar-refractivity contribution < 1.29 is 9.84 Å². The predicted octanol–water partition coefficient (Wildman–Crippen LogP) is 3.52. The average Bonchev–Trinajstić information content (AvgIpc) is 2.74. The van der Waals surface area contributed by atoms with E-state index in [4.69, 9.17) is 4.74 Å². The molecule has 152 valence electrons. The molecule has 28 heavy (non-hydrogen) atoms. The summed E-state index contributed by atoms with van der Waals surface area (Å²) in [6.45, 7) is 6.54. The van der Waals surface area contributed by atoms with Crippen molar-refractivity contribution in [2.75, 3.05) is 33.4 Å². The number of nitrogens with zero attached hydrogens (tertiary/aromatic N) is 1. The summed E-state index contributed by atoms with van der Waals surface area (Å²) < 4.78 is 5.22. The van der Waals surface area contributed by atoms with Crippen molar-refractivity contribution in [3.8, 4) is 5.75 Å². The van der Waals surface area contributed by atoms with Gasteiger partial charge in [-0.05, 0) is 42.5 Å². The Labute approximate surface area is 168 Å². The molecular formula is C23H33N3O2. The molecule has 2 rings (SSSR count). The van der Waals surface area contributed by atoms with E-state index in [1.807, 2.05) is 42.5 Å². The summed E-state index contributed by atoms with van der Waals surface area (Å²) in [5, 5.41) is 16.4. The first kappa shape index (κ1) is 21.8. The van der Waals surface area contributed by atoms with Gasteiger partial charge in [0.2, 0.25) is 0 Å². The summed E-state index contributed by atoms with van der Waals surface area (Å²) in [6, 6.07) is 18.3. The number of aliphatic hydroxyl groups excluding tert-OH is 1. The first-order valence-electron chi connectivity index (χ1n) is 9.99. The molecule has 2 unspecified atom stereocenters. The number of benzene rings is 2. The Hall–Kier alpha value is -2.53. The molecule has 0 amide bonds. The molecule has 0 heterocycles. The fourth-order valence-electron chi connectivity index (χ4n) is 3.04. The van der Waals surface area contributed by atoms with Gasteiger partial charge in [-0.2, -0.15) is 0 Å². The highest BCUT2D eigenvalue weighted by Crippen LogP contribution is 2.21. The molecule has 0 radical (unpaired) electrons. The van der Waals surface area contributed by atoms with Gasteiger partial charge < -0.3 is 20.5 Å². The quantitative estimate of drug-likeness (QED) is 0.434. The highest BCUT2D eigenvalue weighted by Gasteiger charge is 2.10. The number of nitrogens with one attached hydrogen (secondary N) is 2. The number of methoxy groups -OCH3 is 1. The van der Waals surface area contributed by atoms with Crippen LogP contribution >= 0.6 is 0 Å². The van der Waals surface area contributed by atoms with Crippen LogP contribution in [0.3, 0.4) is 0 Å². The van der Waals surface area contributed by atoms with E-state index in [1.54, 1.807) is 7.11 Å². The second-order valence-electron chi connectivity index (χ2n) is 6.90. The molecular weight excluding hydrogens is 350 g/mol. The molecule has 0 bridgehead atoms. The molecule has 0 saturated heterocycles. The lowest BCUT2D eigenvalue weighted by atomic mass is 9.98. The molecule has 5 heteroatoms. The number of ether oxygens (including phenoxy) is 1. The Morgan fingerprint density at radius 2 is 1.75 bits per heavy atom. The molecule has 0 fully saturated rings. The van der Waals surface area contributed by atoms with Crippen molar-refractivity contribution in [3.63, 3.8) is 0 Å².